The molecule has 0 spiro atoms. The fraction of sp³-hybridized carbons (Fsp3) is 0.300. The highest BCUT2D eigenvalue weighted by atomic mass is 35.5. The second kappa shape index (κ2) is 12.1. The first kappa shape index (κ1) is 27.9. The van der Waals surface area contributed by atoms with Gasteiger partial charge < -0.3 is 14.8 Å². The average Bonchev–Trinajstić information content (AvgIpc) is 2.87. The summed E-state index contributed by atoms with van der Waals surface area (Å²) in [6.07, 6.45) is 1.64. The molecule has 3 aromatic carbocycles. The highest BCUT2D eigenvalue weighted by molar-refractivity contribution is 6.34. The fourth-order valence-corrected chi connectivity index (χ4v) is 4.30. The molecule has 0 aliphatic heterocycles. The lowest BCUT2D eigenvalue weighted by atomic mass is 9.93. The van der Waals surface area contributed by atoms with E-state index >= 15 is 0 Å². The summed E-state index contributed by atoms with van der Waals surface area (Å²) in [7, 11) is 1.27. The Balaban J connectivity index is 2.10. The van der Waals surface area contributed by atoms with E-state index in [9.17, 15) is 14.4 Å². The van der Waals surface area contributed by atoms with Gasteiger partial charge in [0.1, 0.15) is 5.60 Å². The maximum absolute atomic E-state index is 13.3. The smallest absolute Gasteiger partial charge is 0.339 e. The molecule has 1 atom stereocenters. The first-order valence-corrected chi connectivity index (χ1v) is 12.5. The molecule has 1 amide bonds. The maximum atomic E-state index is 13.3. The van der Waals surface area contributed by atoms with E-state index in [-0.39, 0.29) is 33.7 Å². The van der Waals surface area contributed by atoms with Crippen molar-refractivity contribution in [2.75, 3.05) is 7.11 Å². The lowest BCUT2D eigenvalue weighted by Gasteiger charge is -2.22. The molecule has 1 N–H and O–H groups in total. The topological polar surface area (TPSA) is 81.7 Å². The summed E-state index contributed by atoms with van der Waals surface area (Å²) < 4.78 is 10.6. The minimum Gasteiger partial charge on any atom is -0.465 e. The van der Waals surface area contributed by atoms with Crippen LogP contribution >= 0.6 is 11.6 Å². The lowest BCUT2D eigenvalue weighted by molar-refractivity contribution is 0.00701. The minimum absolute atomic E-state index is 0.118. The molecule has 6 nitrogen and oxygen atoms in total. The molecule has 0 saturated heterocycles. The second-order valence-electron chi connectivity index (χ2n) is 9.64. The predicted octanol–water partition coefficient (Wildman–Crippen LogP) is 7.02. The Morgan fingerprint density at radius 1 is 0.919 bits per heavy atom. The van der Waals surface area contributed by atoms with E-state index in [2.05, 4.69) is 12.2 Å². The number of ether oxygens (including phenoxy) is 2. The van der Waals surface area contributed by atoms with Crippen molar-refractivity contribution in [2.45, 2.75) is 52.2 Å². The van der Waals surface area contributed by atoms with Crippen LogP contribution in [-0.4, -0.2) is 30.6 Å². The number of hydrogen-bond acceptors (Lipinski definition) is 5. The number of nitrogens with one attached hydrogen (secondary N) is 1. The molecule has 37 heavy (non-hydrogen) atoms. The number of hydrogen-bond donors (Lipinski definition) is 1. The van der Waals surface area contributed by atoms with Crippen LogP contribution in [0.3, 0.4) is 0 Å². The largest absolute Gasteiger partial charge is 0.465 e. The molecule has 0 aliphatic rings. The van der Waals surface area contributed by atoms with Crippen LogP contribution in [0, 0.1) is 0 Å². The van der Waals surface area contributed by atoms with E-state index in [0.29, 0.717) is 11.1 Å². The Bertz CT molecular complexity index is 1280. The number of esters is 2. The summed E-state index contributed by atoms with van der Waals surface area (Å²) in [5.74, 6) is -1.56. The summed E-state index contributed by atoms with van der Waals surface area (Å²) in [6, 6.07) is 19.1. The molecule has 0 aromatic heterocycles. The molecule has 0 saturated carbocycles. The first-order valence-electron chi connectivity index (χ1n) is 12.2. The van der Waals surface area contributed by atoms with Crippen molar-refractivity contribution in [1.29, 1.82) is 0 Å². The molecule has 0 aliphatic carbocycles. The summed E-state index contributed by atoms with van der Waals surface area (Å²) in [5.41, 5.74) is 1.52. The van der Waals surface area contributed by atoms with Gasteiger partial charge in [0, 0.05) is 16.1 Å². The molecule has 7 heteroatoms. The number of carbonyl (C=O) groups is 3. The van der Waals surface area contributed by atoms with Crippen molar-refractivity contribution in [3.63, 3.8) is 0 Å². The van der Waals surface area contributed by atoms with Crippen molar-refractivity contribution in [1.82, 2.24) is 5.32 Å². The summed E-state index contributed by atoms with van der Waals surface area (Å²) in [6.45, 7) is 7.32. The van der Waals surface area contributed by atoms with Gasteiger partial charge in [-0.05, 0) is 62.6 Å². The van der Waals surface area contributed by atoms with Gasteiger partial charge in [0.25, 0.3) is 5.91 Å². The Morgan fingerprint density at radius 3 is 2.24 bits per heavy atom. The van der Waals surface area contributed by atoms with Gasteiger partial charge in [-0.25, -0.2) is 9.59 Å². The molecular formula is C30H32ClNO5. The van der Waals surface area contributed by atoms with Gasteiger partial charge >= 0.3 is 11.9 Å². The van der Waals surface area contributed by atoms with Gasteiger partial charge in [-0.1, -0.05) is 67.4 Å². The first-order chi connectivity index (χ1) is 17.6. The van der Waals surface area contributed by atoms with Crippen LogP contribution in [0.4, 0.5) is 0 Å². The van der Waals surface area contributed by atoms with Gasteiger partial charge in [0.2, 0.25) is 0 Å². The zero-order chi connectivity index (χ0) is 27.2. The standard InChI is InChI=1S/C30H32ClNO5/c1-6-11-25(19-12-8-7-9-13-19)32-27(33)20-16-17-21(23(18-20)29(35)37-30(2,3)4)26-22(28(34)36-5)14-10-15-24(26)31/h7-10,12-18,25H,6,11H2,1-5H3,(H,32,33)/t25-/m1/s1. The SMILES string of the molecule is CCC[C@@H](NC(=O)c1ccc(-c2c(Cl)cccc2C(=O)OC)c(C(=O)OC(C)(C)C)c1)c1ccccc1. The van der Waals surface area contributed by atoms with Crippen molar-refractivity contribution >= 4 is 29.4 Å². The van der Waals surface area contributed by atoms with Crippen LogP contribution < -0.4 is 5.32 Å². The summed E-state index contributed by atoms with van der Waals surface area (Å²) >= 11 is 6.51. The fourth-order valence-electron chi connectivity index (χ4n) is 4.02. The molecule has 0 unspecified atom stereocenters. The van der Waals surface area contributed by atoms with E-state index in [1.54, 1.807) is 51.1 Å². The number of amides is 1. The van der Waals surface area contributed by atoms with Crippen LogP contribution in [-0.2, 0) is 9.47 Å². The van der Waals surface area contributed by atoms with Crippen LogP contribution in [0.5, 0.6) is 0 Å². The predicted molar refractivity (Wildman–Crippen MR) is 145 cm³/mol. The Labute approximate surface area is 222 Å². The third-order valence-corrected chi connectivity index (χ3v) is 5.99. The lowest BCUT2D eigenvalue weighted by Crippen LogP contribution is -2.29. The van der Waals surface area contributed by atoms with Crippen LogP contribution in [0.15, 0.2) is 66.7 Å². The zero-order valence-corrected chi connectivity index (χ0v) is 22.5. The Hall–Kier alpha value is -3.64. The van der Waals surface area contributed by atoms with Gasteiger partial charge in [-0.3, -0.25) is 4.79 Å². The van der Waals surface area contributed by atoms with Gasteiger partial charge in [-0.2, -0.15) is 0 Å². The van der Waals surface area contributed by atoms with Crippen molar-refractivity contribution in [3.8, 4) is 11.1 Å². The monoisotopic (exact) mass is 521 g/mol. The number of carbonyl (C=O) groups excluding carboxylic acids is 3. The van der Waals surface area contributed by atoms with E-state index in [4.69, 9.17) is 21.1 Å². The highest BCUT2D eigenvalue weighted by Crippen LogP contribution is 2.36. The second-order valence-corrected chi connectivity index (χ2v) is 10.0. The van der Waals surface area contributed by atoms with Gasteiger partial charge in [0.05, 0.1) is 24.3 Å². The molecule has 3 rings (SSSR count). The number of rotatable bonds is 8. The van der Waals surface area contributed by atoms with Crippen LogP contribution in [0.25, 0.3) is 11.1 Å². The third kappa shape index (κ3) is 6.98. The Morgan fingerprint density at radius 2 is 1.62 bits per heavy atom. The minimum atomic E-state index is -0.780. The quantitative estimate of drug-likeness (QED) is 0.322. The van der Waals surface area contributed by atoms with E-state index < -0.39 is 17.5 Å². The zero-order valence-electron chi connectivity index (χ0n) is 21.8. The van der Waals surface area contributed by atoms with Crippen molar-refractivity contribution in [2.24, 2.45) is 0 Å². The van der Waals surface area contributed by atoms with E-state index in [0.717, 1.165) is 18.4 Å². The van der Waals surface area contributed by atoms with Gasteiger partial charge in [-0.15, -0.1) is 0 Å². The van der Waals surface area contributed by atoms with Crippen molar-refractivity contribution in [3.05, 3.63) is 94.0 Å². The average molecular weight is 522 g/mol. The van der Waals surface area contributed by atoms with E-state index in [1.807, 2.05) is 30.3 Å². The molecule has 3 aromatic rings. The molecule has 0 fully saturated rings. The van der Waals surface area contributed by atoms with Crippen LogP contribution in [0.2, 0.25) is 5.02 Å². The molecule has 0 heterocycles. The Kier molecular flexibility index (Phi) is 9.11. The molecule has 194 valence electrons. The normalized spacial score (nSPS) is 11.9. The van der Waals surface area contributed by atoms with E-state index in [1.165, 1.54) is 13.2 Å². The number of halogens is 1. The van der Waals surface area contributed by atoms with Gasteiger partial charge in [0.15, 0.2) is 0 Å². The molecular weight excluding hydrogens is 490 g/mol. The molecule has 0 bridgehead atoms. The number of benzene rings is 3. The molecule has 0 radical (unpaired) electrons. The highest BCUT2D eigenvalue weighted by Gasteiger charge is 2.26. The maximum Gasteiger partial charge on any atom is 0.339 e. The number of methoxy groups -OCH3 is 1. The third-order valence-electron chi connectivity index (χ3n) is 5.67. The summed E-state index contributed by atoms with van der Waals surface area (Å²) in [4.78, 5) is 39.2. The summed E-state index contributed by atoms with van der Waals surface area (Å²) in [5, 5.41) is 3.34. The van der Waals surface area contributed by atoms with Crippen LogP contribution in [0.1, 0.15) is 83.2 Å². The van der Waals surface area contributed by atoms with Crippen molar-refractivity contribution < 1.29 is 23.9 Å².